The van der Waals surface area contributed by atoms with Crippen molar-refractivity contribution in [3.05, 3.63) is 76.6 Å². The molecule has 3 aromatic rings. The fraction of sp³-hybridized carbons (Fsp3) is 0. The molecule has 0 aliphatic carbocycles. The average Bonchev–Trinajstić information content (AvgIpc) is 2.59. The largest absolute Gasteiger partial charge is 0.298 e. The van der Waals surface area contributed by atoms with Gasteiger partial charge in [0.05, 0.1) is 16.0 Å². The summed E-state index contributed by atoms with van der Waals surface area (Å²) in [4.78, 5) is 26.6. The zero-order valence-corrected chi connectivity index (χ0v) is 11.9. The van der Waals surface area contributed by atoms with E-state index in [9.17, 15) is 14.9 Å². The molecule has 0 spiro atoms. The molecule has 1 amide bonds. The zero-order valence-electron chi connectivity index (χ0n) is 11.9. The number of hydrogen-bond donors (Lipinski definition) is 2. The minimum atomic E-state index is -0.432. The van der Waals surface area contributed by atoms with Crippen LogP contribution >= 0.6 is 0 Å². The Labute approximate surface area is 131 Å². The lowest BCUT2D eigenvalue weighted by atomic mass is 10.1. The summed E-state index contributed by atoms with van der Waals surface area (Å²) in [6.07, 6.45) is 1.52. The second kappa shape index (κ2) is 6.10. The fourth-order valence-electron chi connectivity index (χ4n) is 2.24. The molecule has 114 valence electrons. The number of fused-ring (bicyclic) bond motifs is 1. The third kappa shape index (κ3) is 2.93. The van der Waals surface area contributed by atoms with Gasteiger partial charge in [-0.25, -0.2) is 0 Å². The first kappa shape index (κ1) is 14.5. The number of benzene rings is 2. The van der Waals surface area contributed by atoms with Crippen LogP contribution in [-0.4, -0.2) is 15.8 Å². The number of aromatic nitrogens is 1. The number of pyridine rings is 1. The van der Waals surface area contributed by atoms with E-state index in [-0.39, 0.29) is 11.4 Å². The number of nitrogens with one attached hydrogen (secondary N) is 2. The fourth-order valence-corrected chi connectivity index (χ4v) is 2.24. The second-order valence-electron chi connectivity index (χ2n) is 4.73. The SMILES string of the molecule is O=C(NNc1ccc([N+](=O)[O-])c2ccccc12)c1ccccn1. The van der Waals surface area contributed by atoms with E-state index in [1.54, 1.807) is 48.5 Å². The first-order valence-corrected chi connectivity index (χ1v) is 6.80. The summed E-state index contributed by atoms with van der Waals surface area (Å²) >= 11 is 0. The predicted octanol–water partition coefficient (Wildman–Crippen LogP) is 2.90. The van der Waals surface area contributed by atoms with Gasteiger partial charge in [-0.05, 0) is 24.3 Å². The highest BCUT2D eigenvalue weighted by Gasteiger charge is 2.14. The molecule has 1 aromatic heterocycles. The van der Waals surface area contributed by atoms with Crippen LogP contribution in [0.2, 0.25) is 0 Å². The van der Waals surface area contributed by atoms with Crippen LogP contribution in [0.1, 0.15) is 10.5 Å². The molecule has 0 saturated carbocycles. The minimum Gasteiger partial charge on any atom is -0.298 e. The summed E-state index contributed by atoms with van der Waals surface area (Å²) in [5.74, 6) is -0.395. The first-order valence-electron chi connectivity index (χ1n) is 6.80. The van der Waals surface area contributed by atoms with Crippen LogP contribution in [0.15, 0.2) is 60.8 Å². The maximum atomic E-state index is 12.0. The molecular weight excluding hydrogens is 296 g/mol. The van der Waals surface area contributed by atoms with Crippen LogP contribution in [0.5, 0.6) is 0 Å². The molecule has 2 aromatic carbocycles. The maximum Gasteiger partial charge on any atom is 0.288 e. The van der Waals surface area contributed by atoms with Gasteiger partial charge < -0.3 is 0 Å². The van der Waals surface area contributed by atoms with E-state index in [0.717, 1.165) is 0 Å². The number of nitrogens with zero attached hydrogens (tertiary/aromatic N) is 2. The number of nitro benzene ring substituents is 1. The van der Waals surface area contributed by atoms with E-state index >= 15 is 0 Å². The quantitative estimate of drug-likeness (QED) is 0.570. The number of anilines is 1. The Kier molecular flexibility index (Phi) is 3.84. The molecule has 0 bridgehead atoms. The van der Waals surface area contributed by atoms with Crippen molar-refractivity contribution in [1.29, 1.82) is 0 Å². The Hall–Kier alpha value is -3.48. The van der Waals surface area contributed by atoms with E-state index in [1.807, 2.05) is 0 Å². The highest BCUT2D eigenvalue weighted by molar-refractivity contribution is 6.00. The number of carbonyl (C=O) groups excluding carboxylic acids is 1. The van der Waals surface area contributed by atoms with Crippen molar-refractivity contribution in [2.75, 3.05) is 5.43 Å². The number of nitro groups is 1. The van der Waals surface area contributed by atoms with Crippen LogP contribution in [0.3, 0.4) is 0 Å². The molecule has 3 rings (SSSR count). The summed E-state index contributed by atoms with van der Waals surface area (Å²) in [5.41, 5.74) is 6.18. The molecule has 23 heavy (non-hydrogen) atoms. The van der Waals surface area contributed by atoms with Crippen molar-refractivity contribution in [3.8, 4) is 0 Å². The summed E-state index contributed by atoms with van der Waals surface area (Å²) in [6.45, 7) is 0. The van der Waals surface area contributed by atoms with Crippen molar-refractivity contribution >= 4 is 28.1 Å². The van der Waals surface area contributed by atoms with Crippen LogP contribution in [-0.2, 0) is 0 Å². The van der Waals surface area contributed by atoms with Crippen molar-refractivity contribution < 1.29 is 9.72 Å². The van der Waals surface area contributed by atoms with E-state index in [2.05, 4.69) is 15.8 Å². The Morgan fingerprint density at radius 2 is 1.74 bits per heavy atom. The van der Waals surface area contributed by atoms with Crippen LogP contribution in [0.4, 0.5) is 11.4 Å². The molecule has 7 nitrogen and oxygen atoms in total. The number of non-ortho nitro benzene ring substituents is 1. The lowest BCUT2D eigenvalue weighted by Crippen LogP contribution is -2.30. The van der Waals surface area contributed by atoms with Gasteiger partial charge in [0.25, 0.3) is 11.6 Å². The zero-order chi connectivity index (χ0) is 16.2. The van der Waals surface area contributed by atoms with Crippen molar-refractivity contribution in [2.24, 2.45) is 0 Å². The average molecular weight is 308 g/mol. The molecule has 0 aliphatic rings. The van der Waals surface area contributed by atoms with Gasteiger partial charge in [-0.15, -0.1) is 0 Å². The van der Waals surface area contributed by atoms with Crippen LogP contribution < -0.4 is 10.9 Å². The predicted molar refractivity (Wildman–Crippen MR) is 85.9 cm³/mol. The third-order valence-corrected chi connectivity index (χ3v) is 3.31. The normalized spacial score (nSPS) is 10.3. The third-order valence-electron chi connectivity index (χ3n) is 3.31. The van der Waals surface area contributed by atoms with E-state index < -0.39 is 10.8 Å². The monoisotopic (exact) mass is 308 g/mol. The van der Waals surface area contributed by atoms with Crippen molar-refractivity contribution in [3.63, 3.8) is 0 Å². The smallest absolute Gasteiger partial charge is 0.288 e. The van der Waals surface area contributed by atoms with Gasteiger partial charge in [0.15, 0.2) is 0 Å². The molecule has 1 heterocycles. The number of rotatable bonds is 4. The molecule has 2 N–H and O–H groups in total. The van der Waals surface area contributed by atoms with Crippen molar-refractivity contribution in [1.82, 2.24) is 10.4 Å². The second-order valence-corrected chi connectivity index (χ2v) is 4.73. The van der Waals surface area contributed by atoms with Gasteiger partial charge in [0.2, 0.25) is 0 Å². The minimum absolute atomic E-state index is 0.0159. The number of hydrogen-bond acceptors (Lipinski definition) is 5. The lowest BCUT2D eigenvalue weighted by molar-refractivity contribution is -0.383. The van der Waals surface area contributed by atoms with E-state index in [0.29, 0.717) is 16.5 Å². The molecule has 0 fully saturated rings. The lowest BCUT2D eigenvalue weighted by Gasteiger charge is -2.11. The summed E-state index contributed by atoms with van der Waals surface area (Å²) in [5, 5.41) is 12.2. The van der Waals surface area contributed by atoms with Gasteiger partial charge in [0, 0.05) is 17.6 Å². The van der Waals surface area contributed by atoms with E-state index in [1.165, 1.54) is 12.3 Å². The number of hydrazine groups is 1. The number of amides is 1. The summed E-state index contributed by atoms with van der Waals surface area (Å²) < 4.78 is 0. The summed E-state index contributed by atoms with van der Waals surface area (Å²) in [6, 6.07) is 14.9. The maximum absolute atomic E-state index is 12.0. The molecule has 0 radical (unpaired) electrons. The first-order chi connectivity index (χ1) is 11.2. The standard InChI is InChI=1S/C16H12N4O3/c21-16(14-7-3-4-10-17-14)19-18-13-8-9-15(20(22)23)12-6-2-1-5-11(12)13/h1-10,18H,(H,19,21). The molecule has 0 unspecified atom stereocenters. The topological polar surface area (TPSA) is 97.2 Å². The van der Waals surface area contributed by atoms with Gasteiger partial charge in [0.1, 0.15) is 5.69 Å². The van der Waals surface area contributed by atoms with Gasteiger partial charge >= 0.3 is 0 Å². The van der Waals surface area contributed by atoms with Crippen molar-refractivity contribution in [2.45, 2.75) is 0 Å². The molecule has 7 heteroatoms. The Bertz CT molecular complexity index is 881. The number of carbonyl (C=O) groups is 1. The highest BCUT2D eigenvalue weighted by atomic mass is 16.6. The van der Waals surface area contributed by atoms with Gasteiger partial charge in [-0.3, -0.25) is 30.7 Å². The molecular formula is C16H12N4O3. The van der Waals surface area contributed by atoms with Gasteiger partial charge in [-0.2, -0.15) is 0 Å². The highest BCUT2D eigenvalue weighted by Crippen LogP contribution is 2.30. The molecule has 0 saturated heterocycles. The van der Waals surface area contributed by atoms with Gasteiger partial charge in [-0.1, -0.05) is 24.3 Å². The van der Waals surface area contributed by atoms with E-state index in [4.69, 9.17) is 0 Å². The van der Waals surface area contributed by atoms with Crippen LogP contribution in [0, 0.1) is 10.1 Å². The Morgan fingerprint density at radius 1 is 1.00 bits per heavy atom. The summed E-state index contributed by atoms with van der Waals surface area (Å²) in [7, 11) is 0. The Balaban J connectivity index is 1.88. The molecule has 0 atom stereocenters. The van der Waals surface area contributed by atoms with Crippen LogP contribution in [0.25, 0.3) is 10.8 Å². The Morgan fingerprint density at radius 3 is 2.43 bits per heavy atom. The molecule has 0 aliphatic heterocycles.